The van der Waals surface area contributed by atoms with E-state index in [-0.39, 0.29) is 62.4 Å². The Labute approximate surface area is 300 Å². The van der Waals surface area contributed by atoms with E-state index in [2.05, 4.69) is 10.6 Å². The van der Waals surface area contributed by atoms with Crippen molar-refractivity contribution in [2.24, 2.45) is 11.8 Å². The predicted octanol–water partition coefficient (Wildman–Crippen LogP) is 3.95. The molecule has 2 aromatic carbocycles. The average Bonchev–Trinajstić information content (AvgIpc) is 3.67. The average molecular weight is 758 g/mol. The van der Waals surface area contributed by atoms with E-state index in [1.54, 1.807) is 57.3 Å². The summed E-state index contributed by atoms with van der Waals surface area (Å²) in [7, 11) is -4.28. The highest BCUT2D eigenvalue weighted by Crippen LogP contribution is 2.48. The second-order valence-electron chi connectivity index (χ2n) is 12.7. The molecular weight excluding hydrogens is 705 g/mol. The van der Waals surface area contributed by atoms with Gasteiger partial charge < -0.3 is 43.2 Å². The van der Waals surface area contributed by atoms with Crippen molar-refractivity contribution in [1.29, 1.82) is 0 Å². The highest BCUT2D eigenvalue weighted by atomic mass is 32.2. The van der Waals surface area contributed by atoms with Crippen LogP contribution in [0.3, 0.4) is 0 Å². The van der Waals surface area contributed by atoms with Crippen LogP contribution in [0.2, 0.25) is 0 Å². The summed E-state index contributed by atoms with van der Waals surface area (Å²) >= 11 is 0. The third kappa shape index (κ3) is 10.6. The first-order valence-electron chi connectivity index (χ1n) is 17.1. The standard InChI is InChI=1S/C34H52N3O12PS/c1-7-47-50(40,48-8-2)23-44-27-11-9-25(10-12-27)19-30(36-33(39)49-32-22-46-34(35-5)29(32)17-18-45-34)31(38)21-37(20-24(3)4)51(41,42)28-15-13-26(43-6)14-16-28/h9-16,24,29-32,35,38H,7-8,17-23H2,1-6H3,(H,36,39). The van der Waals surface area contributed by atoms with Gasteiger partial charge in [0.2, 0.25) is 15.9 Å². The molecule has 17 heteroatoms. The van der Waals surface area contributed by atoms with E-state index in [9.17, 15) is 22.9 Å². The molecule has 2 aliphatic heterocycles. The predicted molar refractivity (Wildman–Crippen MR) is 188 cm³/mol. The van der Waals surface area contributed by atoms with E-state index in [0.717, 1.165) is 0 Å². The summed E-state index contributed by atoms with van der Waals surface area (Å²) < 4.78 is 80.5. The number of hydrogen-bond donors (Lipinski definition) is 3. The van der Waals surface area contributed by atoms with Crippen LogP contribution in [-0.2, 0) is 44.3 Å². The number of aliphatic hydroxyl groups excluding tert-OH is 1. The third-order valence-corrected chi connectivity index (χ3v) is 12.2. The molecular formula is C34H52N3O12PS. The lowest BCUT2D eigenvalue weighted by Gasteiger charge is -2.31. The van der Waals surface area contributed by atoms with Gasteiger partial charge in [0.1, 0.15) is 17.6 Å². The van der Waals surface area contributed by atoms with Gasteiger partial charge in [-0.25, -0.2) is 13.2 Å². The van der Waals surface area contributed by atoms with Crippen LogP contribution < -0.4 is 20.1 Å². The van der Waals surface area contributed by atoms with Gasteiger partial charge in [0, 0.05) is 13.1 Å². The molecule has 1 amide bonds. The number of nitrogens with zero attached hydrogens (tertiary/aromatic N) is 1. The van der Waals surface area contributed by atoms with Crippen LogP contribution in [0.25, 0.3) is 0 Å². The highest BCUT2D eigenvalue weighted by molar-refractivity contribution is 7.89. The number of rotatable bonds is 20. The number of methoxy groups -OCH3 is 1. The van der Waals surface area contributed by atoms with Gasteiger partial charge in [-0.3, -0.25) is 9.88 Å². The molecule has 0 aliphatic carbocycles. The molecule has 0 radical (unpaired) electrons. The van der Waals surface area contributed by atoms with Crippen LogP contribution in [0, 0.1) is 11.8 Å². The van der Waals surface area contributed by atoms with Crippen molar-refractivity contribution >= 4 is 23.7 Å². The molecule has 51 heavy (non-hydrogen) atoms. The molecule has 2 fully saturated rings. The smallest absolute Gasteiger partial charge is 0.407 e. The normalized spacial score (nSPS) is 21.7. The van der Waals surface area contributed by atoms with Crippen molar-refractivity contribution in [3.8, 4) is 11.5 Å². The Morgan fingerprint density at radius 3 is 2.27 bits per heavy atom. The van der Waals surface area contributed by atoms with Crippen LogP contribution in [0.4, 0.5) is 4.79 Å². The first-order chi connectivity index (χ1) is 24.3. The lowest BCUT2D eigenvalue weighted by Crippen LogP contribution is -2.52. The Morgan fingerprint density at radius 1 is 1.04 bits per heavy atom. The van der Waals surface area contributed by atoms with E-state index >= 15 is 0 Å². The molecule has 4 rings (SSSR count). The summed E-state index contributed by atoms with van der Waals surface area (Å²) in [5, 5.41) is 17.5. The summed E-state index contributed by atoms with van der Waals surface area (Å²) in [6, 6.07) is 11.8. The Kier molecular flexibility index (Phi) is 14.7. The molecule has 5 unspecified atom stereocenters. The van der Waals surface area contributed by atoms with E-state index in [4.69, 9.17) is 32.7 Å². The van der Waals surface area contributed by atoms with Crippen LogP contribution in [0.5, 0.6) is 11.5 Å². The molecule has 0 bridgehead atoms. The number of sulfonamides is 1. The van der Waals surface area contributed by atoms with Crippen molar-refractivity contribution in [3.63, 3.8) is 0 Å². The van der Waals surface area contributed by atoms with Crippen LogP contribution in [0.1, 0.15) is 39.7 Å². The van der Waals surface area contributed by atoms with Gasteiger partial charge in [-0.05, 0) is 81.6 Å². The number of fused-ring (bicyclic) bond motifs is 1. The summed E-state index contributed by atoms with van der Waals surface area (Å²) in [6.07, 6.45) is -2.29. The lowest BCUT2D eigenvalue weighted by molar-refractivity contribution is -0.213. The fourth-order valence-corrected chi connectivity index (χ4v) is 9.07. The van der Waals surface area contributed by atoms with Crippen molar-refractivity contribution in [2.45, 2.75) is 69.6 Å². The molecule has 3 N–H and O–H groups in total. The molecule has 2 saturated heterocycles. The van der Waals surface area contributed by atoms with Crippen molar-refractivity contribution < 1.29 is 55.6 Å². The molecule has 0 saturated carbocycles. The number of amides is 1. The molecule has 2 aliphatic rings. The highest BCUT2D eigenvalue weighted by Gasteiger charge is 2.55. The molecule has 0 aromatic heterocycles. The maximum atomic E-state index is 13.8. The minimum Gasteiger partial charge on any atom is -0.497 e. The van der Waals surface area contributed by atoms with Crippen LogP contribution in [-0.4, -0.2) is 108 Å². The summed E-state index contributed by atoms with van der Waals surface area (Å²) in [5.41, 5.74) is 0.695. The van der Waals surface area contributed by atoms with Gasteiger partial charge in [-0.1, -0.05) is 26.0 Å². The van der Waals surface area contributed by atoms with E-state index in [1.807, 2.05) is 13.8 Å². The minimum absolute atomic E-state index is 0.0434. The van der Waals surface area contributed by atoms with Crippen molar-refractivity contribution in [1.82, 2.24) is 14.9 Å². The van der Waals surface area contributed by atoms with Gasteiger partial charge >= 0.3 is 13.7 Å². The monoisotopic (exact) mass is 757 g/mol. The number of alkyl carbamates (subject to hydrolysis) is 1. The molecule has 286 valence electrons. The van der Waals surface area contributed by atoms with E-state index < -0.39 is 47.9 Å². The van der Waals surface area contributed by atoms with Crippen LogP contribution in [0.15, 0.2) is 53.4 Å². The number of aliphatic hydroxyl groups is 1. The molecule has 5 atom stereocenters. The van der Waals surface area contributed by atoms with Gasteiger partial charge in [0.25, 0.3) is 0 Å². The number of carbonyl (C=O) groups excluding carboxylic acids is 1. The number of nitrogens with one attached hydrogen (secondary N) is 2. The molecule has 2 aromatic rings. The third-order valence-electron chi connectivity index (χ3n) is 8.60. The Balaban J connectivity index is 1.53. The second-order valence-corrected chi connectivity index (χ2v) is 16.6. The van der Waals surface area contributed by atoms with Gasteiger partial charge in [-0.15, -0.1) is 0 Å². The first-order valence-corrected chi connectivity index (χ1v) is 20.3. The zero-order chi connectivity index (χ0) is 37.2. The van der Waals surface area contributed by atoms with Crippen molar-refractivity contribution in [3.05, 3.63) is 54.1 Å². The fourth-order valence-electron chi connectivity index (χ4n) is 6.13. The largest absolute Gasteiger partial charge is 0.497 e. The maximum absolute atomic E-state index is 13.8. The summed E-state index contributed by atoms with van der Waals surface area (Å²) in [4.78, 5) is 13.4. The summed E-state index contributed by atoms with van der Waals surface area (Å²) in [6.45, 7) is 7.96. The number of benzene rings is 2. The Morgan fingerprint density at radius 2 is 1.69 bits per heavy atom. The number of carbonyl (C=O) groups is 1. The molecule has 2 heterocycles. The summed E-state index contributed by atoms with van der Waals surface area (Å²) in [5.74, 6) is -0.422. The quantitative estimate of drug-likeness (QED) is 0.166. The SMILES string of the molecule is CCOP(=O)(COc1ccc(CC(NC(=O)OC2COC3(NC)OCCC23)C(O)CN(CC(C)C)S(=O)(=O)c2ccc(OC)cc2)cc1)OCC. The zero-order valence-corrected chi connectivity index (χ0v) is 31.8. The van der Waals surface area contributed by atoms with E-state index in [0.29, 0.717) is 30.1 Å². The van der Waals surface area contributed by atoms with Crippen molar-refractivity contribution in [2.75, 3.05) is 60.0 Å². The van der Waals surface area contributed by atoms with Gasteiger partial charge in [0.15, 0.2) is 6.35 Å². The molecule has 0 spiro atoms. The van der Waals surface area contributed by atoms with E-state index in [1.165, 1.54) is 23.5 Å². The number of ether oxygens (including phenoxy) is 5. The van der Waals surface area contributed by atoms with Gasteiger partial charge in [-0.2, -0.15) is 4.31 Å². The maximum Gasteiger partial charge on any atom is 0.407 e. The Hall–Kier alpha value is -2.79. The minimum atomic E-state index is -4.05. The van der Waals surface area contributed by atoms with Gasteiger partial charge in [0.05, 0.1) is 56.5 Å². The topological polar surface area (TPSA) is 180 Å². The fraction of sp³-hybridized carbons (Fsp3) is 0.618. The second kappa shape index (κ2) is 18.3. The molecule has 15 nitrogen and oxygen atoms in total. The lowest BCUT2D eigenvalue weighted by atomic mass is 10.00. The zero-order valence-electron chi connectivity index (χ0n) is 30.1. The Bertz CT molecular complexity index is 1550. The van der Waals surface area contributed by atoms with Crippen LogP contribution >= 0.6 is 7.60 Å². The first kappa shape index (κ1) is 41.0. The number of hydrogen-bond acceptors (Lipinski definition) is 13.